The smallest absolute Gasteiger partial charge is 0.259 e. The van der Waals surface area contributed by atoms with Crippen LogP contribution in [0.3, 0.4) is 0 Å². The number of hydrogen-bond acceptors (Lipinski definition) is 6. The number of ether oxygens (including phenoxy) is 2. The predicted molar refractivity (Wildman–Crippen MR) is 132 cm³/mol. The van der Waals surface area contributed by atoms with Gasteiger partial charge in [0.2, 0.25) is 5.88 Å². The van der Waals surface area contributed by atoms with E-state index >= 15 is 0 Å². The van der Waals surface area contributed by atoms with Crippen LogP contribution in [-0.2, 0) is 4.74 Å². The highest BCUT2D eigenvalue weighted by Crippen LogP contribution is 2.30. The van der Waals surface area contributed by atoms with E-state index in [-0.39, 0.29) is 42.3 Å². The molecule has 1 fully saturated rings. The summed E-state index contributed by atoms with van der Waals surface area (Å²) >= 11 is 0. The average molecular weight is 486 g/mol. The molecule has 1 aromatic heterocycles. The summed E-state index contributed by atoms with van der Waals surface area (Å²) in [5.41, 5.74) is 1.60. The summed E-state index contributed by atoms with van der Waals surface area (Å²) < 4.78 is 25.7. The van der Waals surface area contributed by atoms with E-state index in [1.807, 2.05) is 6.92 Å². The van der Waals surface area contributed by atoms with Crippen LogP contribution in [0.1, 0.15) is 37.0 Å². The SMILES string of the molecule is C[C@@H]1CN([C@H](C)CO)C(=O)c2cc(-c3cccc(F)c3)cnc2O[C@H]1CN(C)CC1CCOCC1. The summed E-state index contributed by atoms with van der Waals surface area (Å²) in [6.07, 6.45) is 3.56. The van der Waals surface area contributed by atoms with E-state index in [2.05, 4.69) is 23.9 Å². The van der Waals surface area contributed by atoms with Crippen LogP contribution in [0.2, 0.25) is 0 Å². The molecule has 8 heteroatoms. The molecule has 0 unspecified atom stereocenters. The van der Waals surface area contributed by atoms with Crippen LogP contribution >= 0.6 is 0 Å². The maximum atomic E-state index is 13.8. The number of rotatable bonds is 7. The molecule has 1 aromatic carbocycles. The molecule has 2 aromatic rings. The van der Waals surface area contributed by atoms with Gasteiger partial charge in [-0.3, -0.25) is 4.79 Å². The quantitative estimate of drug-likeness (QED) is 0.648. The Kier molecular flexibility index (Phi) is 8.36. The van der Waals surface area contributed by atoms with Gasteiger partial charge in [0.15, 0.2) is 0 Å². The first kappa shape index (κ1) is 25.5. The fraction of sp³-hybridized carbons (Fsp3) is 0.556. The van der Waals surface area contributed by atoms with Crippen molar-refractivity contribution in [2.75, 3.05) is 46.5 Å². The molecule has 0 bridgehead atoms. The van der Waals surface area contributed by atoms with Crippen molar-refractivity contribution in [2.45, 2.75) is 38.8 Å². The standard InChI is InChI=1S/C27H36FN3O4/c1-18-14-31(19(2)17-32)27(33)24-12-22(21-5-4-6-23(28)11-21)13-29-26(24)35-25(18)16-30(3)15-20-7-9-34-10-8-20/h4-6,11-13,18-20,25,32H,7-10,14-17H2,1-3H3/t18-,19-,25+/m1/s1. The number of aliphatic hydroxyl groups excluding tert-OH is 1. The molecule has 2 aliphatic rings. The molecule has 0 spiro atoms. The number of nitrogens with zero attached hydrogens (tertiary/aromatic N) is 3. The molecule has 3 atom stereocenters. The largest absolute Gasteiger partial charge is 0.472 e. The van der Waals surface area contributed by atoms with Gasteiger partial charge in [-0.1, -0.05) is 19.1 Å². The van der Waals surface area contributed by atoms with Gasteiger partial charge in [-0.2, -0.15) is 0 Å². The lowest BCUT2D eigenvalue weighted by molar-refractivity contribution is 0.0254. The first-order valence-corrected chi connectivity index (χ1v) is 12.5. The van der Waals surface area contributed by atoms with Crippen molar-refractivity contribution in [2.24, 2.45) is 11.8 Å². The van der Waals surface area contributed by atoms with Crippen molar-refractivity contribution < 1.29 is 23.8 Å². The van der Waals surface area contributed by atoms with Gasteiger partial charge in [-0.15, -0.1) is 0 Å². The Balaban J connectivity index is 1.62. The van der Waals surface area contributed by atoms with Gasteiger partial charge < -0.3 is 24.4 Å². The fourth-order valence-electron chi connectivity index (χ4n) is 4.90. The summed E-state index contributed by atoms with van der Waals surface area (Å²) in [7, 11) is 2.10. The molecule has 1 N–H and O–H groups in total. The highest BCUT2D eigenvalue weighted by atomic mass is 19.1. The fourth-order valence-corrected chi connectivity index (χ4v) is 4.90. The molecule has 35 heavy (non-hydrogen) atoms. The maximum Gasteiger partial charge on any atom is 0.259 e. The Labute approximate surface area is 206 Å². The second-order valence-corrected chi connectivity index (χ2v) is 9.99. The Morgan fingerprint density at radius 2 is 2.00 bits per heavy atom. The number of benzene rings is 1. The second-order valence-electron chi connectivity index (χ2n) is 9.99. The third-order valence-corrected chi connectivity index (χ3v) is 7.08. The van der Waals surface area contributed by atoms with Crippen LogP contribution in [0.4, 0.5) is 4.39 Å². The number of hydrogen-bond donors (Lipinski definition) is 1. The Hall–Kier alpha value is -2.55. The van der Waals surface area contributed by atoms with E-state index in [9.17, 15) is 14.3 Å². The minimum absolute atomic E-state index is 0.0305. The molecular weight excluding hydrogens is 449 g/mol. The molecule has 2 aliphatic heterocycles. The number of halogens is 1. The number of fused-ring (bicyclic) bond motifs is 1. The minimum Gasteiger partial charge on any atom is -0.472 e. The first-order valence-electron chi connectivity index (χ1n) is 12.5. The van der Waals surface area contributed by atoms with Crippen LogP contribution in [-0.4, -0.2) is 84.4 Å². The molecular formula is C27H36FN3O4. The molecule has 0 aliphatic carbocycles. The van der Waals surface area contributed by atoms with Gasteiger partial charge in [-0.25, -0.2) is 9.37 Å². The Morgan fingerprint density at radius 1 is 1.23 bits per heavy atom. The molecule has 190 valence electrons. The van der Waals surface area contributed by atoms with Crippen molar-refractivity contribution in [3.05, 3.63) is 47.9 Å². The van der Waals surface area contributed by atoms with E-state index in [1.54, 1.807) is 29.3 Å². The predicted octanol–water partition coefficient (Wildman–Crippen LogP) is 3.47. The summed E-state index contributed by atoms with van der Waals surface area (Å²) in [6, 6.07) is 7.58. The molecule has 1 amide bonds. The molecule has 7 nitrogen and oxygen atoms in total. The van der Waals surface area contributed by atoms with Crippen LogP contribution in [0.5, 0.6) is 5.88 Å². The molecule has 0 radical (unpaired) electrons. The van der Waals surface area contributed by atoms with Crippen molar-refractivity contribution in [3.8, 4) is 17.0 Å². The summed E-state index contributed by atoms with van der Waals surface area (Å²) in [5.74, 6) is 0.315. The van der Waals surface area contributed by atoms with E-state index in [4.69, 9.17) is 9.47 Å². The average Bonchev–Trinajstić information content (AvgIpc) is 2.86. The summed E-state index contributed by atoms with van der Waals surface area (Å²) in [5, 5.41) is 9.86. The van der Waals surface area contributed by atoms with Crippen LogP contribution in [0, 0.1) is 17.7 Å². The maximum absolute atomic E-state index is 13.8. The number of carbonyl (C=O) groups is 1. The van der Waals surface area contributed by atoms with Gasteiger partial charge in [-0.05, 0) is 56.5 Å². The normalized spacial score (nSPS) is 22.3. The zero-order valence-corrected chi connectivity index (χ0v) is 20.8. The number of pyridine rings is 1. The summed E-state index contributed by atoms with van der Waals surface area (Å²) in [6.45, 7) is 7.52. The highest BCUT2D eigenvalue weighted by molar-refractivity contribution is 5.98. The lowest BCUT2D eigenvalue weighted by Crippen LogP contribution is -2.50. The third kappa shape index (κ3) is 6.18. The lowest BCUT2D eigenvalue weighted by Gasteiger charge is -2.38. The number of amides is 1. The van der Waals surface area contributed by atoms with E-state index in [1.165, 1.54) is 12.1 Å². The van der Waals surface area contributed by atoms with Crippen molar-refractivity contribution in [3.63, 3.8) is 0 Å². The monoisotopic (exact) mass is 485 g/mol. The summed E-state index contributed by atoms with van der Waals surface area (Å²) in [4.78, 5) is 22.1. The van der Waals surface area contributed by atoms with E-state index < -0.39 is 0 Å². The Morgan fingerprint density at radius 3 is 2.71 bits per heavy atom. The van der Waals surface area contributed by atoms with Gasteiger partial charge >= 0.3 is 0 Å². The van der Waals surface area contributed by atoms with Crippen molar-refractivity contribution in [1.82, 2.24) is 14.8 Å². The number of aliphatic hydroxyl groups is 1. The zero-order valence-electron chi connectivity index (χ0n) is 20.8. The Bertz CT molecular complexity index is 1010. The molecule has 4 rings (SSSR count). The lowest BCUT2D eigenvalue weighted by atomic mass is 9.97. The van der Waals surface area contributed by atoms with Crippen LogP contribution in [0.15, 0.2) is 36.5 Å². The molecule has 3 heterocycles. The second kappa shape index (κ2) is 11.5. The van der Waals surface area contributed by atoms with Gasteiger partial charge in [0.25, 0.3) is 5.91 Å². The zero-order chi connectivity index (χ0) is 24.9. The van der Waals surface area contributed by atoms with E-state index in [0.29, 0.717) is 35.7 Å². The first-order chi connectivity index (χ1) is 16.9. The number of likely N-dealkylation sites (N-methyl/N-ethyl adjacent to an activating group) is 1. The minimum atomic E-state index is -0.353. The van der Waals surface area contributed by atoms with Crippen LogP contribution in [0.25, 0.3) is 11.1 Å². The highest BCUT2D eigenvalue weighted by Gasteiger charge is 2.34. The van der Waals surface area contributed by atoms with Crippen LogP contribution < -0.4 is 4.74 Å². The third-order valence-electron chi connectivity index (χ3n) is 7.08. The number of carbonyl (C=O) groups excluding carboxylic acids is 1. The van der Waals surface area contributed by atoms with Gasteiger partial charge in [0, 0.05) is 50.5 Å². The van der Waals surface area contributed by atoms with Gasteiger partial charge in [0.1, 0.15) is 17.5 Å². The van der Waals surface area contributed by atoms with Crippen molar-refractivity contribution >= 4 is 5.91 Å². The van der Waals surface area contributed by atoms with Gasteiger partial charge in [0.05, 0.1) is 12.6 Å². The molecule has 0 saturated carbocycles. The number of aromatic nitrogens is 1. The molecule has 1 saturated heterocycles. The van der Waals surface area contributed by atoms with Crippen molar-refractivity contribution in [1.29, 1.82) is 0 Å². The topological polar surface area (TPSA) is 75.1 Å². The van der Waals surface area contributed by atoms with E-state index in [0.717, 1.165) is 32.6 Å².